The minimum atomic E-state index is 0.141. The van der Waals surface area contributed by atoms with Gasteiger partial charge in [0.25, 0.3) is 0 Å². The van der Waals surface area contributed by atoms with Crippen molar-refractivity contribution in [1.29, 1.82) is 0 Å². The Morgan fingerprint density at radius 3 is 2.86 bits per heavy atom. The maximum absolute atomic E-state index is 11.6. The fraction of sp³-hybridized carbons (Fsp3) is 0.900. The molecule has 1 rings (SSSR count). The average Bonchev–Trinajstić information content (AvgIpc) is 2.67. The molecule has 1 unspecified atom stereocenters. The molecule has 1 amide bonds. The van der Waals surface area contributed by atoms with Gasteiger partial charge in [0.1, 0.15) is 0 Å². The van der Waals surface area contributed by atoms with Crippen LogP contribution in [0.1, 0.15) is 20.3 Å². The Kier molecular flexibility index (Phi) is 4.26. The highest BCUT2D eigenvalue weighted by Crippen LogP contribution is 2.19. The van der Waals surface area contributed by atoms with Gasteiger partial charge in [0.05, 0.1) is 5.92 Å². The van der Waals surface area contributed by atoms with E-state index in [0.717, 1.165) is 26.1 Å². The van der Waals surface area contributed by atoms with Crippen molar-refractivity contribution < 1.29 is 4.79 Å². The molecule has 0 aromatic heterocycles. The van der Waals surface area contributed by atoms with Crippen LogP contribution in [0.25, 0.3) is 0 Å². The van der Waals surface area contributed by atoms with E-state index < -0.39 is 0 Å². The Labute approximate surface area is 90.4 Å². The first-order valence-electron chi connectivity index (χ1n) is 5.09. The SMILES string of the molecule is CSC(C)(C)CNC(=O)C1CCNC1. The van der Waals surface area contributed by atoms with Crippen molar-refractivity contribution in [2.24, 2.45) is 5.92 Å². The molecular formula is C10H20N2OS. The number of rotatable bonds is 4. The summed E-state index contributed by atoms with van der Waals surface area (Å²) >= 11 is 1.78. The Hall–Kier alpha value is -0.220. The molecule has 0 radical (unpaired) electrons. The van der Waals surface area contributed by atoms with Crippen molar-refractivity contribution in [3.63, 3.8) is 0 Å². The molecule has 82 valence electrons. The van der Waals surface area contributed by atoms with E-state index in [4.69, 9.17) is 0 Å². The quantitative estimate of drug-likeness (QED) is 0.732. The molecule has 3 nitrogen and oxygen atoms in total. The second-order valence-electron chi connectivity index (χ2n) is 4.37. The highest BCUT2D eigenvalue weighted by molar-refractivity contribution is 7.99. The third-order valence-corrected chi connectivity index (χ3v) is 3.92. The predicted molar refractivity (Wildman–Crippen MR) is 61.6 cm³/mol. The summed E-state index contributed by atoms with van der Waals surface area (Å²) in [6.45, 7) is 6.86. The molecule has 0 aromatic carbocycles. The predicted octanol–water partition coefficient (Wildman–Crippen LogP) is 0.854. The Balaban J connectivity index is 2.27. The molecule has 1 aliphatic rings. The lowest BCUT2D eigenvalue weighted by molar-refractivity contribution is -0.124. The minimum absolute atomic E-state index is 0.141. The third kappa shape index (κ3) is 3.50. The fourth-order valence-corrected chi connectivity index (χ4v) is 1.61. The van der Waals surface area contributed by atoms with Crippen molar-refractivity contribution >= 4 is 17.7 Å². The topological polar surface area (TPSA) is 41.1 Å². The first kappa shape index (κ1) is 11.9. The van der Waals surface area contributed by atoms with Gasteiger partial charge in [-0.15, -0.1) is 0 Å². The minimum Gasteiger partial charge on any atom is -0.354 e. The summed E-state index contributed by atoms with van der Waals surface area (Å²) in [6, 6.07) is 0. The smallest absolute Gasteiger partial charge is 0.224 e. The van der Waals surface area contributed by atoms with Crippen LogP contribution in [0.3, 0.4) is 0 Å². The highest BCUT2D eigenvalue weighted by atomic mass is 32.2. The molecule has 0 aliphatic carbocycles. The lowest BCUT2D eigenvalue weighted by atomic mass is 10.1. The van der Waals surface area contributed by atoms with Crippen LogP contribution >= 0.6 is 11.8 Å². The maximum Gasteiger partial charge on any atom is 0.224 e. The van der Waals surface area contributed by atoms with Gasteiger partial charge in [0.15, 0.2) is 0 Å². The summed E-state index contributed by atoms with van der Waals surface area (Å²) in [6.07, 6.45) is 3.05. The largest absolute Gasteiger partial charge is 0.354 e. The van der Waals surface area contributed by atoms with E-state index >= 15 is 0 Å². The van der Waals surface area contributed by atoms with Gasteiger partial charge in [-0.05, 0) is 33.1 Å². The van der Waals surface area contributed by atoms with Crippen LogP contribution in [0.2, 0.25) is 0 Å². The second-order valence-corrected chi connectivity index (χ2v) is 5.88. The van der Waals surface area contributed by atoms with E-state index in [1.807, 2.05) is 0 Å². The zero-order valence-electron chi connectivity index (χ0n) is 9.22. The summed E-state index contributed by atoms with van der Waals surface area (Å²) in [7, 11) is 0. The van der Waals surface area contributed by atoms with Crippen LogP contribution in [0.5, 0.6) is 0 Å². The Bertz CT molecular complexity index is 200. The van der Waals surface area contributed by atoms with E-state index in [-0.39, 0.29) is 16.6 Å². The molecule has 1 fully saturated rings. The van der Waals surface area contributed by atoms with Gasteiger partial charge in [-0.3, -0.25) is 4.79 Å². The van der Waals surface area contributed by atoms with Gasteiger partial charge in [-0.2, -0.15) is 11.8 Å². The van der Waals surface area contributed by atoms with Crippen molar-refractivity contribution in [2.75, 3.05) is 25.9 Å². The molecule has 1 atom stereocenters. The maximum atomic E-state index is 11.6. The van der Waals surface area contributed by atoms with Crippen LogP contribution in [-0.2, 0) is 4.79 Å². The van der Waals surface area contributed by atoms with E-state index in [9.17, 15) is 4.79 Å². The van der Waals surface area contributed by atoms with E-state index in [2.05, 4.69) is 30.7 Å². The molecule has 0 spiro atoms. The number of nitrogens with one attached hydrogen (secondary N) is 2. The van der Waals surface area contributed by atoms with Crippen LogP contribution < -0.4 is 10.6 Å². The molecule has 0 saturated carbocycles. The van der Waals surface area contributed by atoms with Gasteiger partial charge in [0.2, 0.25) is 5.91 Å². The number of carbonyl (C=O) groups is 1. The van der Waals surface area contributed by atoms with Gasteiger partial charge in [0, 0.05) is 17.8 Å². The van der Waals surface area contributed by atoms with Gasteiger partial charge in [-0.1, -0.05) is 0 Å². The first-order valence-corrected chi connectivity index (χ1v) is 6.31. The summed E-state index contributed by atoms with van der Waals surface area (Å²) in [5, 5.41) is 6.21. The average molecular weight is 216 g/mol. The monoisotopic (exact) mass is 216 g/mol. The van der Waals surface area contributed by atoms with E-state index in [1.165, 1.54) is 0 Å². The highest BCUT2D eigenvalue weighted by Gasteiger charge is 2.24. The van der Waals surface area contributed by atoms with Crippen molar-refractivity contribution in [3.8, 4) is 0 Å². The lowest BCUT2D eigenvalue weighted by Crippen LogP contribution is -2.39. The number of hydrogen-bond donors (Lipinski definition) is 2. The van der Waals surface area contributed by atoms with Crippen LogP contribution in [-0.4, -0.2) is 36.5 Å². The molecular weight excluding hydrogens is 196 g/mol. The second kappa shape index (κ2) is 5.03. The first-order chi connectivity index (χ1) is 6.55. The number of amides is 1. The zero-order valence-corrected chi connectivity index (χ0v) is 10.0. The number of carbonyl (C=O) groups excluding carboxylic acids is 1. The Morgan fingerprint density at radius 1 is 1.64 bits per heavy atom. The molecule has 2 N–H and O–H groups in total. The molecule has 0 bridgehead atoms. The third-order valence-electron chi connectivity index (χ3n) is 2.67. The lowest BCUT2D eigenvalue weighted by Gasteiger charge is -2.23. The normalized spacial score (nSPS) is 22.4. The van der Waals surface area contributed by atoms with E-state index in [0.29, 0.717) is 0 Å². The van der Waals surface area contributed by atoms with Crippen LogP contribution in [0, 0.1) is 5.92 Å². The summed E-state index contributed by atoms with van der Waals surface area (Å²) in [5.41, 5.74) is 0. The molecule has 0 aromatic rings. The summed E-state index contributed by atoms with van der Waals surface area (Å²) in [5.74, 6) is 0.393. The van der Waals surface area contributed by atoms with Crippen LogP contribution in [0.4, 0.5) is 0 Å². The zero-order chi connectivity index (χ0) is 10.6. The fourth-order valence-electron chi connectivity index (χ4n) is 1.39. The van der Waals surface area contributed by atoms with Crippen molar-refractivity contribution in [3.05, 3.63) is 0 Å². The number of thioether (sulfide) groups is 1. The van der Waals surface area contributed by atoms with Crippen LogP contribution in [0.15, 0.2) is 0 Å². The molecule has 1 aliphatic heterocycles. The summed E-state index contributed by atoms with van der Waals surface area (Å²) < 4.78 is 0.141. The van der Waals surface area contributed by atoms with Gasteiger partial charge < -0.3 is 10.6 Å². The number of hydrogen-bond acceptors (Lipinski definition) is 3. The van der Waals surface area contributed by atoms with E-state index in [1.54, 1.807) is 11.8 Å². The molecule has 14 heavy (non-hydrogen) atoms. The standard InChI is InChI=1S/C10H20N2OS/c1-10(2,14-3)7-12-9(13)8-4-5-11-6-8/h8,11H,4-7H2,1-3H3,(H,12,13). The molecule has 4 heteroatoms. The summed E-state index contributed by atoms with van der Waals surface area (Å²) in [4.78, 5) is 11.6. The van der Waals surface area contributed by atoms with Gasteiger partial charge >= 0.3 is 0 Å². The van der Waals surface area contributed by atoms with Crippen molar-refractivity contribution in [1.82, 2.24) is 10.6 Å². The molecule has 1 heterocycles. The van der Waals surface area contributed by atoms with Gasteiger partial charge in [-0.25, -0.2) is 0 Å². The van der Waals surface area contributed by atoms with Crippen molar-refractivity contribution in [2.45, 2.75) is 25.0 Å². The molecule has 1 saturated heterocycles. The Morgan fingerprint density at radius 2 is 2.36 bits per heavy atom.